The second kappa shape index (κ2) is 8.44. The van der Waals surface area contributed by atoms with Crippen LogP contribution in [0, 0.1) is 12.7 Å². The summed E-state index contributed by atoms with van der Waals surface area (Å²) in [6.45, 7) is 4.15. The number of ether oxygens (including phenoxy) is 1. The van der Waals surface area contributed by atoms with Crippen LogP contribution in [-0.4, -0.2) is 18.4 Å². The van der Waals surface area contributed by atoms with Gasteiger partial charge in [-0.25, -0.2) is 9.29 Å². The molecule has 0 atom stereocenters. The molecular weight excluding hydrogens is 395 g/mol. The second-order valence-electron chi connectivity index (χ2n) is 7.04. The molecular formula is C25H21FN2O3. The van der Waals surface area contributed by atoms with Crippen molar-refractivity contribution in [2.24, 2.45) is 0 Å². The average molecular weight is 416 g/mol. The summed E-state index contributed by atoms with van der Waals surface area (Å²) >= 11 is 0. The monoisotopic (exact) mass is 416 g/mol. The van der Waals surface area contributed by atoms with Crippen LogP contribution in [0.3, 0.4) is 0 Å². The zero-order valence-corrected chi connectivity index (χ0v) is 17.2. The zero-order valence-electron chi connectivity index (χ0n) is 17.2. The summed E-state index contributed by atoms with van der Waals surface area (Å²) in [6, 6.07) is 19.9. The summed E-state index contributed by atoms with van der Waals surface area (Å²) in [4.78, 5) is 28.1. The summed E-state index contributed by atoms with van der Waals surface area (Å²) in [5.74, 6) is -0.814. The van der Waals surface area contributed by atoms with Gasteiger partial charge in [0.2, 0.25) is 0 Å². The van der Waals surface area contributed by atoms with E-state index in [2.05, 4.69) is 5.32 Å². The third-order valence-electron chi connectivity index (χ3n) is 5.02. The Morgan fingerprint density at radius 2 is 1.58 bits per heavy atom. The fourth-order valence-corrected chi connectivity index (χ4v) is 3.55. The molecule has 1 heterocycles. The van der Waals surface area contributed by atoms with E-state index < -0.39 is 17.6 Å². The minimum Gasteiger partial charge on any atom is -0.492 e. The zero-order chi connectivity index (χ0) is 22.0. The van der Waals surface area contributed by atoms with Crippen molar-refractivity contribution >= 4 is 28.8 Å². The van der Waals surface area contributed by atoms with Crippen LogP contribution in [0.25, 0.3) is 5.57 Å². The molecule has 3 aromatic rings. The number of nitrogens with one attached hydrogen (secondary N) is 1. The number of rotatable bonds is 6. The number of imide groups is 1. The van der Waals surface area contributed by atoms with E-state index >= 15 is 0 Å². The quantitative estimate of drug-likeness (QED) is 0.579. The van der Waals surface area contributed by atoms with Gasteiger partial charge >= 0.3 is 0 Å². The molecule has 0 saturated carbocycles. The minimum atomic E-state index is -0.482. The lowest BCUT2D eigenvalue weighted by molar-refractivity contribution is -0.120. The Bertz CT molecular complexity index is 1190. The van der Waals surface area contributed by atoms with Crippen molar-refractivity contribution < 1.29 is 18.7 Å². The Kier molecular flexibility index (Phi) is 5.54. The molecule has 4 rings (SSSR count). The maximum Gasteiger partial charge on any atom is 0.282 e. The number of hydrogen-bond donors (Lipinski definition) is 1. The highest BCUT2D eigenvalue weighted by Gasteiger charge is 2.41. The Morgan fingerprint density at radius 1 is 0.903 bits per heavy atom. The van der Waals surface area contributed by atoms with Crippen LogP contribution in [0.1, 0.15) is 18.1 Å². The molecule has 5 nitrogen and oxygen atoms in total. The Balaban J connectivity index is 1.84. The fraction of sp³-hybridized carbons (Fsp3) is 0.120. The van der Waals surface area contributed by atoms with Gasteiger partial charge in [0.05, 0.1) is 23.6 Å². The highest BCUT2D eigenvalue weighted by atomic mass is 19.1. The van der Waals surface area contributed by atoms with Crippen molar-refractivity contribution in [3.63, 3.8) is 0 Å². The van der Waals surface area contributed by atoms with E-state index in [0.717, 1.165) is 10.5 Å². The maximum absolute atomic E-state index is 13.5. The third-order valence-corrected chi connectivity index (χ3v) is 5.02. The molecule has 0 unspecified atom stereocenters. The van der Waals surface area contributed by atoms with Gasteiger partial charge in [0, 0.05) is 0 Å². The van der Waals surface area contributed by atoms with E-state index in [0.29, 0.717) is 29.3 Å². The van der Waals surface area contributed by atoms with Crippen molar-refractivity contribution in [1.82, 2.24) is 0 Å². The molecule has 1 N–H and O–H groups in total. The molecule has 1 aliphatic heterocycles. The van der Waals surface area contributed by atoms with Gasteiger partial charge in [0.25, 0.3) is 11.8 Å². The number of carbonyl (C=O) groups excluding carboxylic acids is 2. The second-order valence-corrected chi connectivity index (χ2v) is 7.04. The van der Waals surface area contributed by atoms with E-state index in [1.54, 1.807) is 24.3 Å². The lowest BCUT2D eigenvalue weighted by atomic mass is 10.0. The van der Waals surface area contributed by atoms with Crippen LogP contribution in [-0.2, 0) is 9.59 Å². The van der Waals surface area contributed by atoms with Gasteiger partial charge in [0.1, 0.15) is 17.3 Å². The van der Waals surface area contributed by atoms with Gasteiger partial charge in [-0.3, -0.25) is 9.59 Å². The largest absolute Gasteiger partial charge is 0.492 e. The Morgan fingerprint density at radius 3 is 2.29 bits per heavy atom. The minimum absolute atomic E-state index is 0.118. The summed E-state index contributed by atoms with van der Waals surface area (Å²) in [5.41, 5.74) is 2.61. The number of aryl methyl sites for hydroxylation is 1. The first kappa shape index (κ1) is 20.3. The predicted molar refractivity (Wildman–Crippen MR) is 118 cm³/mol. The van der Waals surface area contributed by atoms with Gasteiger partial charge in [-0.05, 0) is 55.3 Å². The lowest BCUT2D eigenvalue weighted by Gasteiger charge is -2.18. The number of carbonyl (C=O) groups is 2. The molecule has 0 aromatic heterocycles. The number of amides is 2. The summed E-state index contributed by atoms with van der Waals surface area (Å²) in [6.07, 6.45) is 0. The molecule has 2 amide bonds. The highest BCUT2D eigenvalue weighted by Crippen LogP contribution is 2.36. The molecule has 0 saturated heterocycles. The SMILES string of the molecule is CCOc1ccccc1NC1=C(c2ccc(F)cc2)C(=O)N(c2ccccc2C)C1=O. The molecule has 1 aliphatic rings. The van der Waals surface area contributed by atoms with Crippen LogP contribution in [0.5, 0.6) is 5.75 Å². The molecule has 156 valence electrons. The lowest BCUT2D eigenvalue weighted by Crippen LogP contribution is -2.33. The van der Waals surface area contributed by atoms with Gasteiger partial charge in [-0.2, -0.15) is 0 Å². The summed E-state index contributed by atoms with van der Waals surface area (Å²) in [5, 5.41) is 3.11. The maximum atomic E-state index is 13.5. The number of para-hydroxylation sites is 3. The molecule has 0 radical (unpaired) electrons. The number of benzene rings is 3. The van der Waals surface area contributed by atoms with Crippen molar-refractivity contribution in [2.75, 3.05) is 16.8 Å². The Hall–Kier alpha value is -3.93. The standard InChI is InChI=1S/C25H21FN2O3/c1-3-31-21-11-7-5-9-19(21)27-23-22(17-12-14-18(26)15-13-17)24(29)28(25(23)30)20-10-6-4-8-16(20)2/h4-15,27H,3H2,1-2H3. The van der Waals surface area contributed by atoms with E-state index in [1.165, 1.54) is 24.3 Å². The topological polar surface area (TPSA) is 58.6 Å². The Labute approximate surface area is 179 Å². The van der Waals surface area contributed by atoms with E-state index in [9.17, 15) is 14.0 Å². The molecule has 6 heteroatoms. The van der Waals surface area contributed by atoms with Crippen molar-refractivity contribution in [3.05, 3.63) is 95.4 Å². The first-order valence-corrected chi connectivity index (χ1v) is 9.94. The first-order valence-electron chi connectivity index (χ1n) is 9.94. The third kappa shape index (κ3) is 3.80. The van der Waals surface area contributed by atoms with Crippen LogP contribution < -0.4 is 15.0 Å². The van der Waals surface area contributed by atoms with Crippen LogP contribution in [0.2, 0.25) is 0 Å². The normalized spacial score (nSPS) is 13.7. The fourth-order valence-electron chi connectivity index (χ4n) is 3.55. The number of halogens is 1. The van der Waals surface area contributed by atoms with Crippen molar-refractivity contribution in [1.29, 1.82) is 0 Å². The van der Waals surface area contributed by atoms with Crippen molar-refractivity contribution in [2.45, 2.75) is 13.8 Å². The molecule has 31 heavy (non-hydrogen) atoms. The smallest absolute Gasteiger partial charge is 0.282 e. The number of hydrogen-bond acceptors (Lipinski definition) is 4. The van der Waals surface area contributed by atoms with Gasteiger partial charge in [-0.15, -0.1) is 0 Å². The average Bonchev–Trinajstić information content (AvgIpc) is 3.00. The van der Waals surface area contributed by atoms with Gasteiger partial charge < -0.3 is 10.1 Å². The van der Waals surface area contributed by atoms with Crippen LogP contribution >= 0.6 is 0 Å². The molecule has 0 fully saturated rings. The molecule has 0 spiro atoms. The van der Waals surface area contributed by atoms with E-state index in [-0.39, 0.29) is 11.3 Å². The number of nitrogens with zero attached hydrogens (tertiary/aromatic N) is 1. The molecule has 0 aliphatic carbocycles. The van der Waals surface area contributed by atoms with E-state index in [4.69, 9.17) is 4.74 Å². The van der Waals surface area contributed by atoms with Crippen LogP contribution in [0.15, 0.2) is 78.5 Å². The van der Waals surface area contributed by atoms with Gasteiger partial charge in [0.15, 0.2) is 0 Å². The van der Waals surface area contributed by atoms with Crippen LogP contribution in [0.4, 0.5) is 15.8 Å². The highest BCUT2D eigenvalue weighted by molar-refractivity contribution is 6.46. The van der Waals surface area contributed by atoms with Gasteiger partial charge in [-0.1, -0.05) is 42.5 Å². The molecule has 0 bridgehead atoms. The summed E-state index contributed by atoms with van der Waals surface area (Å²) in [7, 11) is 0. The van der Waals surface area contributed by atoms with E-state index in [1.807, 2.05) is 38.1 Å². The number of anilines is 2. The summed E-state index contributed by atoms with van der Waals surface area (Å²) < 4.78 is 19.2. The first-order chi connectivity index (χ1) is 15.0. The van der Waals surface area contributed by atoms with Crippen molar-refractivity contribution in [3.8, 4) is 5.75 Å². The molecule has 3 aromatic carbocycles. The predicted octanol–water partition coefficient (Wildman–Crippen LogP) is 4.93.